The van der Waals surface area contributed by atoms with Crippen LogP contribution in [0.5, 0.6) is 0 Å². The smallest absolute Gasteiger partial charge is 0.231 e. The maximum atomic E-state index is 11.2. The Labute approximate surface area is 112 Å². The fourth-order valence-corrected chi connectivity index (χ4v) is 2.71. The van der Waals surface area contributed by atoms with Gasteiger partial charge >= 0.3 is 0 Å². The van der Waals surface area contributed by atoms with Gasteiger partial charge in [-0.2, -0.15) is 0 Å². The van der Waals surface area contributed by atoms with E-state index in [0.717, 1.165) is 18.5 Å². The Morgan fingerprint density at radius 1 is 1.44 bits per heavy atom. The van der Waals surface area contributed by atoms with Crippen molar-refractivity contribution in [2.45, 2.75) is 38.3 Å². The number of nitrogens with two attached hydrogens (primary N) is 1. The van der Waals surface area contributed by atoms with Crippen LogP contribution in [0.2, 0.25) is 5.15 Å². The lowest BCUT2D eigenvalue weighted by molar-refractivity contribution is -0.119. The van der Waals surface area contributed by atoms with E-state index < -0.39 is 0 Å². The molecule has 1 aliphatic rings. The van der Waals surface area contributed by atoms with E-state index in [4.69, 9.17) is 17.3 Å². The van der Waals surface area contributed by atoms with E-state index >= 15 is 0 Å². The van der Waals surface area contributed by atoms with Gasteiger partial charge < -0.3 is 5.73 Å². The molecule has 1 aliphatic carbocycles. The van der Waals surface area contributed by atoms with E-state index in [1.54, 1.807) is 6.07 Å². The van der Waals surface area contributed by atoms with Crippen molar-refractivity contribution in [3.05, 3.63) is 29.0 Å². The molecule has 0 unspecified atom stereocenters. The number of primary amides is 1. The number of hydrogen-bond donors (Lipinski definition) is 1. The predicted octanol–water partition coefficient (Wildman–Crippen LogP) is 1.96. The number of pyridine rings is 1. The summed E-state index contributed by atoms with van der Waals surface area (Å²) < 4.78 is 0. The molecule has 0 bridgehead atoms. The molecule has 18 heavy (non-hydrogen) atoms. The van der Waals surface area contributed by atoms with Gasteiger partial charge in [-0.05, 0) is 25.0 Å². The number of amides is 1. The van der Waals surface area contributed by atoms with Gasteiger partial charge in [0.25, 0.3) is 0 Å². The van der Waals surface area contributed by atoms with Crippen molar-refractivity contribution < 1.29 is 4.79 Å². The largest absolute Gasteiger partial charge is 0.369 e. The first-order chi connectivity index (χ1) is 8.65. The third-order valence-electron chi connectivity index (χ3n) is 3.34. The minimum absolute atomic E-state index is 0.288. The van der Waals surface area contributed by atoms with Gasteiger partial charge in [0.1, 0.15) is 5.15 Å². The second-order valence-electron chi connectivity index (χ2n) is 4.76. The Morgan fingerprint density at radius 3 is 2.78 bits per heavy atom. The van der Waals surface area contributed by atoms with Gasteiger partial charge in [-0.15, -0.1) is 0 Å². The van der Waals surface area contributed by atoms with Crippen LogP contribution in [-0.2, 0) is 11.3 Å². The zero-order chi connectivity index (χ0) is 13.0. The summed E-state index contributed by atoms with van der Waals surface area (Å²) in [5.74, 6) is -0.288. The van der Waals surface area contributed by atoms with Crippen molar-refractivity contribution in [3.8, 4) is 0 Å². The SMILES string of the molecule is NC(=O)CN(Cc1cccc(Cl)n1)C1CCCC1. The van der Waals surface area contributed by atoms with Gasteiger partial charge in [-0.1, -0.05) is 30.5 Å². The number of hydrogen-bond acceptors (Lipinski definition) is 3. The summed E-state index contributed by atoms with van der Waals surface area (Å²) in [4.78, 5) is 17.5. The molecule has 0 radical (unpaired) electrons. The second-order valence-corrected chi connectivity index (χ2v) is 5.15. The number of aromatic nitrogens is 1. The number of halogens is 1. The molecule has 4 nitrogen and oxygen atoms in total. The number of nitrogens with zero attached hydrogens (tertiary/aromatic N) is 2. The van der Waals surface area contributed by atoms with Crippen molar-refractivity contribution in [2.75, 3.05) is 6.54 Å². The first-order valence-electron chi connectivity index (χ1n) is 6.29. The third kappa shape index (κ3) is 3.68. The summed E-state index contributed by atoms with van der Waals surface area (Å²) in [7, 11) is 0. The molecule has 0 saturated heterocycles. The molecule has 2 N–H and O–H groups in total. The molecule has 1 amide bonds. The lowest BCUT2D eigenvalue weighted by Crippen LogP contribution is -2.39. The van der Waals surface area contributed by atoms with Crippen LogP contribution in [0.1, 0.15) is 31.4 Å². The highest BCUT2D eigenvalue weighted by Gasteiger charge is 2.24. The normalized spacial score (nSPS) is 16.3. The van der Waals surface area contributed by atoms with Gasteiger partial charge in [0, 0.05) is 12.6 Å². The van der Waals surface area contributed by atoms with Gasteiger partial charge in [0.2, 0.25) is 5.91 Å². The predicted molar refractivity (Wildman–Crippen MR) is 71.1 cm³/mol. The lowest BCUT2D eigenvalue weighted by atomic mass is 10.2. The van der Waals surface area contributed by atoms with Crippen molar-refractivity contribution in [2.24, 2.45) is 5.73 Å². The second kappa shape index (κ2) is 6.16. The molecule has 0 aromatic carbocycles. The third-order valence-corrected chi connectivity index (χ3v) is 3.55. The van der Waals surface area contributed by atoms with E-state index in [0.29, 0.717) is 24.3 Å². The number of rotatable bonds is 5. The fraction of sp³-hybridized carbons (Fsp3) is 0.538. The van der Waals surface area contributed by atoms with Crippen LogP contribution in [0.4, 0.5) is 0 Å². The van der Waals surface area contributed by atoms with E-state index in [9.17, 15) is 4.79 Å². The van der Waals surface area contributed by atoms with E-state index in [2.05, 4.69) is 9.88 Å². The van der Waals surface area contributed by atoms with Crippen LogP contribution in [0.3, 0.4) is 0 Å². The molecule has 5 heteroatoms. The average Bonchev–Trinajstić information content (AvgIpc) is 2.80. The van der Waals surface area contributed by atoms with Crippen LogP contribution in [-0.4, -0.2) is 28.4 Å². The summed E-state index contributed by atoms with van der Waals surface area (Å²) in [5, 5.41) is 0.484. The van der Waals surface area contributed by atoms with Crippen LogP contribution in [0, 0.1) is 0 Å². The Hall–Kier alpha value is -1.13. The maximum Gasteiger partial charge on any atom is 0.231 e. The van der Waals surface area contributed by atoms with Crippen molar-refractivity contribution in [1.82, 2.24) is 9.88 Å². The van der Waals surface area contributed by atoms with E-state index in [1.165, 1.54) is 12.8 Å². The van der Waals surface area contributed by atoms with Crippen molar-refractivity contribution in [1.29, 1.82) is 0 Å². The van der Waals surface area contributed by atoms with Crippen molar-refractivity contribution in [3.63, 3.8) is 0 Å². The summed E-state index contributed by atoms with van der Waals surface area (Å²) in [6.07, 6.45) is 4.72. The Morgan fingerprint density at radius 2 is 2.17 bits per heavy atom. The van der Waals surface area contributed by atoms with Gasteiger partial charge in [0.05, 0.1) is 12.2 Å². The van der Waals surface area contributed by atoms with Crippen molar-refractivity contribution >= 4 is 17.5 Å². The quantitative estimate of drug-likeness (QED) is 0.830. The summed E-state index contributed by atoms with van der Waals surface area (Å²) in [6.45, 7) is 0.924. The Balaban J connectivity index is 2.06. The minimum atomic E-state index is -0.288. The zero-order valence-corrected chi connectivity index (χ0v) is 11.1. The summed E-state index contributed by atoms with van der Waals surface area (Å²) in [5.41, 5.74) is 6.20. The highest BCUT2D eigenvalue weighted by molar-refractivity contribution is 6.29. The molecule has 0 spiro atoms. The molecule has 1 aromatic heterocycles. The van der Waals surface area contributed by atoms with E-state index in [-0.39, 0.29) is 5.91 Å². The molecule has 0 aliphatic heterocycles. The number of carbonyl (C=O) groups excluding carboxylic acids is 1. The van der Waals surface area contributed by atoms with E-state index in [1.807, 2.05) is 12.1 Å². The fourth-order valence-electron chi connectivity index (χ4n) is 2.53. The molecule has 0 atom stereocenters. The minimum Gasteiger partial charge on any atom is -0.369 e. The Bertz CT molecular complexity index is 418. The highest BCUT2D eigenvalue weighted by Crippen LogP contribution is 2.24. The molecule has 1 fully saturated rings. The van der Waals surface area contributed by atoms with Crippen LogP contribution >= 0.6 is 11.6 Å². The van der Waals surface area contributed by atoms with Crippen LogP contribution in [0.15, 0.2) is 18.2 Å². The molecule has 98 valence electrons. The van der Waals surface area contributed by atoms with Gasteiger partial charge in [-0.25, -0.2) is 4.98 Å². The molecule has 1 saturated carbocycles. The standard InChI is InChI=1S/C13H18ClN3O/c14-12-7-3-4-10(16-12)8-17(9-13(15)18)11-5-1-2-6-11/h3-4,7,11H,1-2,5-6,8-9H2,(H2,15,18). The topological polar surface area (TPSA) is 59.2 Å². The molecular weight excluding hydrogens is 250 g/mol. The van der Waals surface area contributed by atoms with Crippen LogP contribution in [0.25, 0.3) is 0 Å². The van der Waals surface area contributed by atoms with Crippen LogP contribution < -0.4 is 5.73 Å². The first-order valence-corrected chi connectivity index (χ1v) is 6.67. The molecular formula is C13H18ClN3O. The number of carbonyl (C=O) groups is 1. The highest BCUT2D eigenvalue weighted by atomic mass is 35.5. The first kappa shape index (κ1) is 13.3. The Kier molecular flexibility index (Phi) is 4.55. The average molecular weight is 268 g/mol. The lowest BCUT2D eigenvalue weighted by Gasteiger charge is -2.27. The zero-order valence-electron chi connectivity index (χ0n) is 10.3. The molecule has 1 heterocycles. The summed E-state index contributed by atoms with van der Waals surface area (Å²) >= 11 is 5.87. The van der Waals surface area contributed by atoms with Gasteiger partial charge in [-0.3, -0.25) is 9.69 Å². The van der Waals surface area contributed by atoms with Gasteiger partial charge in [0.15, 0.2) is 0 Å². The summed E-state index contributed by atoms with van der Waals surface area (Å²) in [6, 6.07) is 5.99. The molecule has 1 aromatic rings. The monoisotopic (exact) mass is 267 g/mol. The maximum absolute atomic E-state index is 11.2. The molecule has 2 rings (SSSR count).